The summed E-state index contributed by atoms with van der Waals surface area (Å²) in [6.45, 7) is 6.80. The number of nitrogens with zero attached hydrogens (tertiary/aromatic N) is 2. The summed E-state index contributed by atoms with van der Waals surface area (Å²) >= 11 is 0. The van der Waals surface area contributed by atoms with Crippen molar-refractivity contribution in [2.75, 3.05) is 53.4 Å². The molecule has 0 aromatic heterocycles. The summed E-state index contributed by atoms with van der Waals surface area (Å²) in [4.78, 5) is 16.5. The molecular weight excluding hydrogens is 264 g/mol. The van der Waals surface area contributed by atoms with Gasteiger partial charge in [-0.15, -0.1) is 0 Å². The maximum atomic E-state index is 12.0. The molecule has 0 spiro atoms. The molecule has 0 aliphatic carbocycles. The molecule has 0 radical (unpaired) electrons. The van der Waals surface area contributed by atoms with Gasteiger partial charge in [0.15, 0.2) is 0 Å². The van der Waals surface area contributed by atoms with Crippen LogP contribution in [-0.2, 0) is 6.54 Å². The Morgan fingerprint density at radius 3 is 2.52 bits per heavy atom. The van der Waals surface area contributed by atoms with Crippen LogP contribution < -0.4 is 10.6 Å². The number of nitrogens with one attached hydrogen (secondary N) is 2. The molecule has 1 heterocycles. The molecule has 2 N–H and O–H groups in total. The lowest BCUT2D eigenvalue weighted by molar-refractivity contribution is 0.0951. The van der Waals surface area contributed by atoms with Crippen molar-refractivity contribution in [3.05, 3.63) is 35.4 Å². The number of piperazine rings is 1. The van der Waals surface area contributed by atoms with Crippen molar-refractivity contribution in [3.8, 4) is 0 Å². The van der Waals surface area contributed by atoms with Crippen LogP contribution in [0.5, 0.6) is 0 Å². The Bertz CT molecular complexity index is 438. The molecule has 1 fully saturated rings. The van der Waals surface area contributed by atoms with Crippen molar-refractivity contribution in [1.29, 1.82) is 0 Å². The average molecular weight is 290 g/mol. The van der Waals surface area contributed by atoms with Crippen LogP contribution in [0.4, 0.5) is 0 Å². The van der Waals surface area contributed by atoms with Gasteiger partial charge >= 0.3 is 0 Å². The minimum absolute atomic E-state index is 0.00516. The van der Waals surface area contributed by atoms with Crippen molar-refractivity contribution >= 4 is 5.91 Å². The minimum Gasteiger partial charge on any atom is -0.351 e. The molecule has 1 aliphatic rings. The second-order valence-corrected chi connectivity index (χ2v) is 5.78. The third-order valence-electron chi connectivity index (χ3n) is 3.68. The van der Waals surface area contributed by atoms with Crippen LogP contribution in [0, 0.1) is 0 Å². The number of rotatable bonds is 6. The van der Waals surface area contributed by atoms with E-state index in [1.54, 1.807) is 0 Å². The standard InChI is InChI=1S/C16H26N4O/c1-19(2)10-9-18-16(21)15-5-3-14(4-6-15)13-20-11-7-17-8-12-20/h3-6,17H,7-13H2,1-2H3,(H,18,21). The van der Waals surface area contributed by atoms with Gasteiger partial charge in [0.25, 0.3) is 5.91 Å². The van der Waals surface area contributed by atoms with Gasteiger partial charge in [-0.1, -0.05) is 12.1 Å². The van der Waals surface area contributed by atoms with E-state index < -0.39 is 0 Å². The number of hydrogen-bond acceptors (Lipinski definition) is 4. The van der Waals surface area contributed by atoms with E-state index in [4.69, 9.17) is 0 Å². The van der Waals surface area contributed by atoms with Crippen molar-refractivity contribution < 1.29 is 4.79 Å². The highest BCUT2D eigenvalue weighted by Crippen LogP contribution is 2.08. The molecule has 0 bridgehead atoms. The van der Waals surface area contributed by atoms with E-state index in [9.17, 15) is 4.79 Å². The smallest absolute Gasteiger partial charge is 0.251 e. The van der Waals surface area contributed by atoms with Gasteiger partial charge in [-0.2, -0.15) is 0 Å². The van der Waals surface area contributed by atoms with E-state index in [1.165, 1.54) is 5.56 Å². The summed E-state index contributed by atoms with van der Waals surface area (Å²) in [6.07, 6.45) is 0. The van der Waals surface area contributed by atoms with E-state index in [0.29, 0.717) is 6.54 Å². The van der Waals surface area contributed by atoms with Crippen LogP contribution in [-0.4, -0.2) is 69.1 Å². The Hall–Kier alpha value is -1.43. The highest BCUT2D eigenvalue weighted by molar-refractivity contribution is 5.94. The first-order valence-corrected chi connectivity index (χ1v) is 7.60. The van der Waals surface area contributed by atoms with E-state index >= 15 is 0 Å². The van der Waals surface area contributed by atoms with Crippen molar-refractivity contribution in [2.24, 2.45) is 0 Å². The zero-order valence-electron chi connectivity index (χ0n) is 13.1. The number of carbonyl (C=O) groups excluding carboxylic acids is 1. The number of carbonyl (C=O) groups is 1. The topological polar surface area (TPSA) is 47.6 Å². The molecule has 116 valence electrons. The fraction of sp³-hybridized carbons (Fsp3) is 0.562. The van der Waals surface area contributed by atoms with Crippen LogP contribution in [0.1, 0.15) is 15.9 Å². The molecule has 1 saturated heterocycles. The van der Waals surface area contributed by atoms with Crippen LogP contribution in [0.3, 0.4) is 0 Å². The molecule has 5 nitrogen and oxygen atoms in total. The summed E-state index contributed by atoms with van der Waals surface area (Å²) < 4.78 is 0. The predicted octanol–water partition coefficient (Wildman–Crippen LogP) is 0.383. The van der Waals surface area contributed by atoms with Gasteiger partial charge in [0.05, 0.1) is 0 Å². The molecule has 0 atom stereocenters. The number of amides is 1. The monoisotopic (exact) mass is 290 g/mol. The third kappa shape index (κ3) is 5.46. The van der Waals surface area contributed by atoms with Gasteiger partial charge < -0.3 is 15.5 Å². The van der Waals surface area contributed by atoms with E-state index in [0.717, 1.165) is 44.8 Å². The lowest BCUT2D eigenvalue weighted by Crippen LogP contribution is -2.42. The molecule has 0 saturated carbocycles. The molecular formula is C16H26N4O. The highest BCUT2D eigenvalue weighted by Gasteiger charge is 2.10. The number of hydrogen-bond donors (Lipinski definition) is 2. The minimum atomic E-state index is 0.00516. The lowest BCUT2D eigenvalue weighted by atomic mass is 10.1. The second-order valence-electron chi connectivity index (χ2n) is 5.78. The van der Waals surface area contributed by atoms with Crippen LogP contribution in [0.15, 0.2) is 24.3 Å². The zero-order chi connectivity index (χ0) is 15.1. The molecule has 1 amide bonds. The summed E-state index contributed by atoms with van der Waals surface area (Å²) in [5.41, 5.74) is 2.00. The number of benzene rings is 1. The van der Waals surface area contributed by atoms with Crippen LogP contribution in [0.25, 0.3) is 0 Å². The van der Waals surface area contributed by atoms with Crippen molar-refractivity contribution in [3.63, 3.8) is 0 Å². The van der Waals surface area contributed by atoms with Crippen molar-refractivity contribution in [2.45, 2.75) is 6.54 Å². The Balaban J connectivity index is 1.81. The Kier molecular flexibility index (Phi) is 6.17. The molecule has 0 unspecified atom stereocenters. The summed E-state index contributed by atoms with van der Waals surface area (Å²) in [6, 6.07) is 7.96. The fourth-order valence-corrected chi connectivity index (χ4v) is 2.38. The van der Waals surface area contributed by atoms with Crippen LogP contribution >= 0.6 is 0 Å². The quantitative estimate of drug-likeness (QED) is 0.795. The summed E-state index contributed by atoms with van der Waals surface area (Å²) in [5, 5.41) is 6.29. The fourth-order valence-electron chi connectivity index (χ4n) is 2.38. The van der Waals surface area contributed by atoms with Gasteiger partial charge in [0.1, 0.15) is 0 Å². The molecule has 2 rings (SSSR count). The van der Waals surface area contributed by atoms with Gasteiger partial charge in [0.2, 0.25) is 0 Å². The van der Waals surface area contributed by atoms with E-state index in [2.05, 4.69) is 32.6 Å². The zero-order valence-corrected chi connectivity index (χ0v) is 13.1. The first kappa shape index (κ1) is 15.9. The predicted molar refractivity (Wildman–Crippen MR) is 85.5 cm³/mol. The van der Waals surface area contributed by atoms with Gasteiger partial charge in [-0.25, -0.2) is 0 Å². The normalized spacial score (nSPS) is 16.1. The Morgan fingerprint density at radius 2 is 1.90 bits per heavy atom. The third-order valence-corrected chi connectivity index (χ3v) is 3.68. The highest BCUT2D eigenvalue weighted by atomic mass is 16.1. The lowest BCUT2D eigenvalue weighted by Gasteiger charge is -2.27. The van der Waals surface area contributed by atoms with Crippen molar-refractivity contribution in [1.82, 2.24) is 20.4 Å². The maximum absolute atomic E-state index is 12.0. The molecule has 1 aromatic rings. The Labute approximate surface area is 127 Å². The first-order valence-electron chi connectivity index (χ1n) is 7.60. The Morgan fingerprint density at radius 1 is 1.24 bits per heavy atom. The molecule has 1 aromatic carbocycles. The van der Waals surface area contributed by atoms with Gasteiger partial charge in [0, 0.05) is 51.4 Å². The first-order chi connectivity index (χ1) is 10.1. The molecule has 21 heavy (non-hydrogen) atoms. The maximum Gasteiger partial charge on any atom is 0.251 e. The van der Waals surface area contributed by atoms with E-state index in [1.807, 2.05) is 26.2 Å². The summed E-state index contributed by atoms with van der Waals surface area (Å²) in [7, 11) is 3.99. The SMILES string of the molecule is CN(C)CCNC(=O)c1ccc(CN2CCNCC2)cc1. The summed E-state index contributed by atoms with van der Waals surface area (Å²) in [5.74, 6) is 0.00516. The molecule has 1 aliphatic heterocycles. The second kappa shape index (κ2) is 8.12. The van der Waals surface area contributed by atoms with Gasteiger partial charge in [-0.05, 0) is 31.8 Å². The molecule has 5 heteroatoms. The van der Waals surface area contributed by atoms with Crippen LogP contribution in [0.2, 0.25) is 0 Å². The van der Waals surface area contributed by atoms with Gasteiger partial charge in [-0.3, -0.25) is 9.69 Å². The number of likely N-dealkylation sites (N-methyl/N-ethyl adjacent to an activating group) is 1. The average Bonchev–Trinajstić information content (AvgIpc) is 2.48. The largest absolute Gasteiger partial charge is 0.351 e. The van der Waals surface area contributed by atoms with E-state index in [-0.39, 0.29) is 5.91 Å².